The van der Waals surface area contributed by atoms with E-state index >= 15 is 0 Å². The minimum Gasteiger partial charge on any atom is -0.496 e. The van der Waals surface area contributed by atoms with Gasteiger partial charge in [-0.25, -0.2) is 4.99 Å². The Morgan fingerprint density at radius 1 is 1.35 bits per heavy atom. The predicted octanol–water partition coefficient (Wildman–Crippen LogP) is 5.51. The molecule has 0 N–H and O–H groups in total. The lowest BCUT2D eigenvalue weighted by molar-refractivity contribution is 0.0999. The number of rotatable bonds is 4. The van der Waals surface area contributed by atoms with E-state index in [4.69, 9.17) is 25.8 Å². The molecule has 0 saturated carbocycles. The van der Waals surface area contributed by atoms with Crippen LogP contribution in [0.25, 0.3) is 0 Å². The van der Waals surface area contributed by atoms with Gasteiger partial charge in [0, 0.05) is 10.9 Å². The van der Waals surface area contributed by atoms with E-state index in [9.17, 15) is 4.79 Å². The van der Waals surface area contributed by atoms with Gasteiger partial charge in [0.25, 0.3) is 5.91 Å². The van der Waals surface area contributed by atoms with Gasteiger partial charge < -0.3 is 14.2 Å². The molecule has 2 aromatic rings. The molecule has 0 bridgehead atoms. The van der Waals surface area contributed by atoms with Crippen molar-refractivity contribution in [2.75, 3.05) is 20.3 Å². The van der Waals surface area contributed by atoms with E-state index in [1.54, 1.807) is 24.3 Å². The van der Waals surface area contributed by atoms with Gasteiger partial charge in [-0.15, -0.1) is 0 Å². The van der Waals surface area contributed by atoms with E-state index in [1.807, 2.05) is 6.07 Å². The molecule has 1 saturated heterocycles. The van der Waals surface area contributed by atoms with Gasteiger partial charge in [0.1, 0.15) is 11.5 Å². The second-order valence-electron chi connectivity index (χ2n) is 5.45. The van der Waals surface area contributed by atoms with Crippen LogP contribution in [0.1, 0.15) is 16.8 Å². The fourth-order valence-corrected chi connectivity index (χ4v) is 4.58. The van der Waals surface area contributed by atoms with E-state index in [0.717, 1.165) is 13.8 Å². The first-order valence-electron chi connectivity index (χ1n) is 7.67. The number of aliphatic imine (C=N–C) groups is 1. The molecule has 136 valence electrons. The lowest BCUT2D eigenvalue weighted by Gasteiger charge is -2.12. The molecule has 0 unspecified atom stereocenters. The molecule has 26 heavy (non-hydrogen) atoms. The molecule has 1 aliphatic heterocycles. The van der Waals surface area contributed by atoms with Gasteiger partial charge in [-0.3, -0.25) is 4.79 Å². The molecule has 0 atom stereocenters. The van der Waals surface area contributed by atoms with Crippen molar-refractivity contribution in [1.82, 2.24) is 0 Å². The molecule has 5 nitrogen and oxygen atoms in total. The van der Waals surface area contributed by atoms with Gasteiger partial charge in [0.15, 0.2) is 5.75 Å². The Morgan fingerprint density at radius 2 is 2.15 bits per heavy atom. The summed E-state index contributed by atoms with van der Waals surface area (Å²) in [6.45, 7) is 0.976. The number of carbonyl (C=O) groups excluding carboxylic acids is 1. The highest BCUT2D eigenvalue weighted by molar-refractivity contribution is 14.1. The van der Waals surface area contributed by atoms with E-state index < -0.39 is 0 Å². The van der Waals surface area contributed by atoms with Crippen molar-refractivity contribution in [3.63, 3.8) is 0 Å². The number of nitrogens with zero attached hydrogens (tertiary/aromatic N) is 1. The SMILES string of the molecule is COc1ccc(Oc2c(Cl)cc(Br)cc2I)cc1C(=O)/N=C1\CCOC1. The third kappa shape index (κ3) is 4.57. The zero-order chi connectivity index (χ0) is 18.7. The van der Waals surface area contributed by atoms with Crippen LogP contribution in [-0.2, 0) is 4.74 Å². The maximum Gasteiger partial charge on any atom is 0.280 e. The van der Waals surface area contributed by atoms with Crippen molar-refractivity contribution in [1.29, 1.82) is 0 Å². The van der Waals surface area contributed by atoms with Crippen LogP contribution in [-0.4, -0.2) is 31.9 Å². The third-order valence-corrected chi connectivity index (χ3v) is 5.19. The van der Waals surface area contributed by atoms with Crippen LogP contribution >= 0.6 is 50.1 Å². The summed E-state index contributed by atoms with van der Waals surface area (Å²) in [5.74, 6) is 1.04. The maximum absolute atomic E-state index is 12.6. The summed E-state index contributed by atoms with van der Waals surface area (Å²) in [5, 5.41) is 0.468. The molecule has 3 rings (SSSR count). The van der Waals surface area contributed by atoms with Crippen LogP contribution in [0.4, 0.5) is 0 Å². The number of hydrogen-bond donors (Lipinski definition) is 0. The standard InChI is InChI=1S/C18H14BrClINO4/c1-24-16-3-2-12(26-17-14(20)6-10(19)7-15(17)21)8-13(16)18(23)22-11-4-5-25-9-11/h2-3,6-8H,4-5,9H2,1H3/b22-11+. The molecule has 8 heteroatoms. The topological polar surface area (TPSA) is 57.1 Å². The third-order valence-electron chi connectivity index (χ3n) is 3.65. The first-order valence-corrected chi connectivity index (χ1v) is 9.92. The molecule has 0 radical (unpaired) electrons. The lowest BCUT2D eigenvalue weighted by atomic mass is 10.1. The maximum atomic E-state index is 12.6. The Balaban J connectivity index is 1.92. The van der Waals surface area contributed by atoms with Gasteiger partial charge in [-0.05, 0) is 52.9 Å². The van der Waals surface area contributed by atoms with Gasteiger partial charge >= 0.3 is 0 Å². The highest BCUT2D eigenvalue weighted by Gasteiger charge is 2.18. The molecule has 1 heterocycles. The summed E-state index contributed by atoms with van der Waals surface area (Å²) in [4.78, 5) is 16.7. The van der Waals surface area contributed by atoms with Crippen LogP contribution in [0.3, 0.4) is 0 Å². The summed E-state index contributed by atoms with van der Waals surface area (Å²) in [7, 11) is 1.51. The average Bonchev–Trinajstić information content (AvgIpc) is 3.10. The lowest BCUT2D eigenvalue weighted by Crippen LogP contribution is -2.05. The smallest absolute Gasteiger partial charge is 0.280 e. The minimum atomic E-state index is -0.385. The van der Waals surface area contributed by atoms with Crippen molar-refractivity contribution < 1.29 is 19.0 Å². The Labute approximate surface area is 178 Å². The predicted molar refractivity (Wildman–Crippen MR) is 112 cm³/mol. The van der Waals surface area contributed by atoms with Crippen molar-refractivity contribution >= 4 is 61.7 Å². The fraction of sp³-hybridized carbons (Fsp3) is 0.222. The van der Waals surface area contributed by atoms with E-state index in [1.165, 1.54) is 7.11 Å². The van der Waals surface area contributed by atoms with Crippen molar-refractivity contribution in [3.05, 3.63) is 49.0 Å². The second-order valence-corrected chi connectivity index (χ2v) is 7.93. The van der Waals surface area contributed by atoms with Crippen LogP contribution in [0.15, 0.2) is 39.8 Å². The van der Waals surface area contributed by atoms with Crippen molar-refractivity contribution in [2.45, 2.75) is 6.42 Å². The molecule has 0 spiro atoms. The number of amides is 1. The Morgan fingerprint density at radius 3 is 2.81 bits per heavy atom. The molecular formula is C18H14BrClINO4. The summed E-state index contributed by atoms with van der Waals surface area (Å²) in [6, 6.07) is 8.64. The van der Waals surface area contributed by atoms with E-state index in [-0.39, 0.29) is 5.91 Å². The molecule has 0 aromatic heterocycles. The Kier molecular flexibility index (Phi) is 6.55. The van der Waals surface area contributed by atoms with E-state index in [0.29, 0.717) is 47.5 Å². The molecule has 0 aliphatic carbocycles. The van der Waals surface area contributed by atoms with Crippen molar-refractivity contribution in [2.24, 2.45) is 4.99 Å². The number of hydrogen-bond acceptors (Lipinski definition) is 4. The minimum absolute atomic E-state index is 0.327. The zero-order valence-electron chi connectivity index (χ0n) is 13.7. The summed E-state index contributed by atoms with van der Waals surface area (Å²) < 4.78 is 18.1. The highest BCUT2D eigenvalue weighted by atomic mass is 127. The number of halogens is 3. The van der Waals surface area contributed by atoms with Gasteiger partial charge in [-0.1, -0.05) is 27.5 Å². The van der Waals surface area contributed by atoms with Crippen LogP contribution in [0, 0.1) is 3.57 Å². The van der Waals surface area contributed by atoms with Crippen LogP contribution in [0.2, 0.25) is 5.02 Å². The summed E-state index contributed by atoms with van der Waals surface area (Å²) >= 11 is 11.8. The average molecular weight is 551 g/mol. The number of methoxy groups -OCH3 is 1. The Bertz CT molecular complexity index is 856. The van der Waals surface area contributed by atoms with E-state index in [2.05, 4.69) is 43.5 Å². The molecule has 1 aliphatic rings. The Hall–Kier alpha value is -1.16. The monoisotopic (exact) mass is 549 g/mol. The molecule has 2 aromatic carbocycles. The molecular weight excluding hydrogens is 536 g/mol. The number of carbonyl (C=O) groups is 1. The molecule has 1 fully saturated rings. The number of benzene rings is 2. The zero-order valence-corrected chi connectivity index (χ0v) is 18.2. The quantitative estimate of drug-likeness (QED) is 0.472. The largest absolute Gasteiger partial charge is 0.496 e. The van der Waals surface area contributed by atoms with Crippen LogP contribution in [0.5, 0.6) is 17.2 Å². The fourth-order valence-electron chi connectivity index (χ4n) is 2.41. The van der Waals surface area contributed by atoms with Gasteiger partial charge in [0.05, 0.1) is 40.2 Å². The second kappa shape index (κ2) is 8.69. The highest BCUT2D eigenvalue weighted by Crippen LogP contribution is 2.37. The number of ether oxygens (including phenoxy) is 3. The summed E-state index contributed by atoms with van der Waals surface area (Å²) in [5.41, 5.74) is 1.06. The molecule has 1 amide bonds. The van der Waals surface area contributed by atoms with Crippen LogP contribution < -0.4 is 9.47 Å². The normalized spacial score (nSPS) is 15.3. The van der Waals surface area contributed by atoms with Gasteiger partial charge in [-0.2, -0.15) is 0 Å². The first-order chi connectivity index (χ1) is 12.5. The first kappa shape index (κ1) is 19.6. The summed E-state index contributed by atoms with van der Waals surface area (Å²) in [6.07, 6.45) is 0.664. The van der Waals surface area contributed by atoms with Gasteiger partial charge in [0.2, 0.25) is 0 Å². The van der Waals surface area contributed by atoms with Crippen molar-refractivity contribution in [3.8, 4) is 17.2 Å².